The van der Waals surface area contributed by atoms with E-state index in [9.17, 15) is 4.79 Å². The van der Waals surface area contributed by atoms with Gasteiger partial charge in [-0.05, 0) is 43.2 Å². The van der Waals surface area contributed by atoms with E-state index in [1.54, 1.807) is 11.3 Å². The average molecular weight is 440 g/mol. The van der Waals surface area contributed by atoms with E-state index < -0.39 is 0 Å². The predicted octanol–water partition coefficient (Wildman–Crippen LogP) is 4.50. The van der Waals surface area contributed by atoms with E-state index in [4.69, 9.17) is 16.6 Å². The molecule has 0 spiro atoms. The Hall–Kier alpha value is -2.90. The minimum Gasteiger partial charge on any atom is -0.350 e. The lowest BCUT2D eigenvalue weighted by Gasteiger charge is -2.15. The van der Waals surface area contributed by atoms with Gasteiger partial charge in [-0.2, -0.15) is 10.1 Å². The molecule has 0 saturated heterocycles. The number of carbonyl (C=O) groups is 1. The van der Waals surface area contributed by atoms with E-state index in [0.717, 1.165) is 38.0 Å². The third kappa shape index (κ3) is 4.17. The van der Waals surface area contributed by atoms with E-state index in [1.165, 1.54) is 0 Å². The summed E-state index contributed by atoms with van der Waals surface area (Å²) >= 11 is 7.69. The lowest BCUT2D eigenvalue weighted by Crippen LogP contribution is -2.34. The van der Waals surface area contributed by atoms with E-state index in [1.807, 2.05) is 60.0 Å². The molecule has 2 aromatic carbocycles. The van der Waals surface area contributed by atoms with Gasteiger partial charge < -0.3 is 10.2 Å². The standard InChI is InChI=1S/C22H22ClN5OS/c1-14-7-6-9-17(11-14)28-21-20(15(2)26-28)30-22(25-21)27(3)13-19(29)24-12-16-8-4-5-10-18(16)23/h4-11H,12-13H2,1-3H3,(H,24,29). The maximum Gasteiger partial charge on any atom is 0.239 e. The van der Waals surface area contributed by atoms with Crippen LogP contribution < -0.4 is 10.2 Å². The molecule has 0 unspecified atom stereocenters. The molecule has 8 heteroatoms. The summed E-state index contributed by atoms with van der Waals surface area (Å²) in [5.74, 6) is -0.0892. The van der Waals surface area contributed by atoms with Crippen LogP contribution in [0.4, 0.5) is 5.13 Å². The van der Waals surface area contributed by atoms with Crippen molar-refractivity contribution in [1.29, 1.82) is 0 Å². The number of thiazole rings is 1. The summed E-state index contributed by atoms with van der Waals surface area (Å²) in [5.41, 5.74) is 4.76. The first-order valence-electron chi connectivity index (χ1n) is 9.57. The average Bonchev–Trinajstić information content (AvgIpc) is 3.28. The first kappa shape index (κ1) is 20.4. The summed E-state index contributed by atoms with van der Waals surface area (Å²) in [7, 11) is 1.87. The van der Waals surface area contributed by atoms with Gasteiger partial charge in [-0.1, -0.05) is 53.3 Å². The monoisotopic (exact) mass is 439 g/mol. The Labute approximate surface area is 184 Å². The molecule has 1 N–H and O–H groups in total. The largest absolute Gasteiger partial charge is 0.350 e. The van der Waals surface area contributed by atoms with Crippen LogP contribution in [0.15, 0.2) is 48.5 Å². The highest BCUT2D eigenvalue weighted by Crippen LogP contribution is 2.32. The van der Waals surface area contributed by atoms with Crippen molar-refractivity contribution in [2.45, 2.75) is 20.4 Å². The van der Waals surface area contributed by atoms with Gasteiger partial charge >= 0.3 is 0 Å². The molecular weight excluding hydrogens is 418 g/mol. The first-order chi connectivity index (χ1) is 14.4. The number of anilines is 1. The first-order valence-corrected chi connectivity index (χ1v) is 10.8. The number of rotatable bonds is 6. The number of likely N-dealkylation sites (N-methyl/N-ethyl adjacent to an activating group) is 1. The van der Waals surface area contributed by atoms with Crippen molar-refractivity contribution in [3.63, 3.8) is 0 Å². The molecule has 0 fully saturated rings. The molecule has 0 saturated carbocycles. The second-order valence-corrected chi connectivity index (χ2v) is 8.59. The highest BCUT2D eigenvalue weighted by molar-refractivity contribution is 7.22. The molecule has 0 atom stereocenters. The molecule has 2 aromatic heterocycles. The summed E-state index contributed by atoms with van der Waals surface area (Å²) in [6.07, 6.45) is 0. The fourth-order valence-electron chi connectivity index (χ4n) is 3.20. The van der Waals surface area contributed by atoms with Gasteiger partial charge in [-0.3, -0.25) is 4.79 Å². The molecule has 6 nitrogen and oxygen atoms in total. The van der Waals surface area contributed by atoms with Crippen molar-refractivity contribution < 1.29 is 4.79 Å². The lowest BCUT2D eigenvalue weighted by molar-refractivity contribution is -0.119. The zero-order valence-corrected chi connectivity index (χ0v) is 18.6. The summed E-state index contributed by atoms with van der Waals surface area (Å²) in [6, 6.07) is 15.7. The highest BCUT2D eigenvalue weighted by Gasteiger charge is 2.18. The zero-order chi connectivity index (χ0) is 21.3. The maximum atomic E-state index is 12.4. The number of fused-ring (bicyclic) bond motifs is 1. The molecule has 1 amide bonds. The second kappa shape index (κ2) is 8.45. The Bertz CT molecular complexity index is 1220. The third-order valence-corrected chi connectivity index (χ3v) is 6.40. The fraction of sp³-hybridized carbons (Fsp3) is 0.227. The molecule has 4 rings (SSSR count). The molecule has 0 radical (unpaired) electrons. The molecule has 2 heterocycles. The van der Waals surface area contributed by atoms with Gasteiger partial charge in [-0.25, -0.2) is 4.68 Å². The molecule has 0 aliphatic rings. The van der Waals surface area contributed by atoms with Crippen molar-refractivity contribution in [3.05, 3.63) is 70.4 Å². The predicted molar refractivity (Wildman–Crippen MR) is 123 cm³/mol. The van der Waals surface area contributed by atoms with Crippen LogP contribution in [-0.4, -0.2) is 34.3 Å². The van der Waals surface area contributed by atoms with E-state index >= 15 is 0 Å². The van der Waals surface area contributed by atoms with E-state index in [-0.39, 0.29) is 12.5 Å². The smallest absolute Gasteiger partial charge is 0.239 e. The normalized spacial score (nSPS) is 11.1. The second-order valence-electron chi connectivity index (χ2n) is 7.21. The Morgan fingerprint density at radius 3 is 2.77 bits per heavy atom. The highest BCUT2D eigenvalue weighted by atomic mass is 35.5. The summed E-state index contributed by atoms with van der Waals surface area (Å²) in [6.45, 7) is 4.64. The number of aryl methyl sites for hydroxylation is 2. The van der Waals surface area contributed by atoms with Crippen LogP contribution in [0.3, 0.4) is 0 Å². The third-order valence-electron chi connectivity index (χ3n) is 4.76. The summed E-state index contributed by atoms with van der Waals surface area (Å²) in [4.78, 5) is 19.0. The van der Waals surface area contributed by atoms with Crippen molar-refractivity contribution in [3.8, 4) is 5.69 Å². The van der Waals surface area contributed by atoms with Crippen molar-refractivity contribution >= 4 is 44.3 Å². The van der Waals surface area contributed by atoms with Crippen molar-refractivity contribution in [1.82, 2.24) is 20.1 Å². The van der Waals surface area contributed by atoms with Crippen LogP contribution in [0.25, 0.3) is 16.0 Å². The van der Waals surface area contributed by atoms with Crippen LogP contribution in [-0.2, 0) is 11.3 Å². The SMILES string of the molecule is Cc1cccc(-n2nc(C)c3sc(N(C)CC(=O)NCc4ccccc4Cl)nc32)c1. The van der Waals surface area contributed by atoms with Gasteiger partial charge in [0.05, 0.1) is 22.6 Å². The Morgan fingerprint density at radius 1 is 1.20 bits per heavy atom. The van der Waals surface area contributed by atoms with Crippen molar-refractivity contribution in [2.75, 3.05) is 18.5 Å². The van der Waals surface area contributed by atoms with Gasteiger partial charge in [-0.15, -0.1) is 0 Å². The summed E-state index contributed by atoms with van der Waals surface area (Å²) < 4.78 is 2.89. The lowest BCUT2D eigenvalue weighted by atomic mass is 10.2. The topological polar surface area (TPSA) is 63.1 Å². The number of benzene rings is 2. The van der Waals surface area contributed by atoms with E-state index in [0.29, 0.717) is 11.6 Å². The number of nitrogens with one attached hydrogen (secondary N) is 1. The Morgan fingerprint density at radius 2 is 2.00 bits per heavy atom. The van der Waals surface area contributed by atoms with Crippen LogP contribution in [0, 0.1) is 13.8 Å². The van der Waals surface area contributed by atoms with Crippen LogP contribution in [0.5, 0.6) is 0 Å². The van der Waals surface area contributed by atoms with Gasteiger partial charge in [0, 0.05) is 18.6 Å². The number of carbonyl (C=O) groups excluding carboxylic acids is 1. The van der Waals surface area contributed by atoms with Gasteiger partial charge in [0.2, 0.25) is 5.91 Å². The van der Waals surface area contributed by atoms with Gasteiger partial charge in [0.15, 0.2) is 10.8 Å². The number of halogens is 1. The molecule has 30 heavy (non-hydrogen) atoms. The molecule has 4 aromatic rings. The number of aromatic nitrogens is 3. The Kier molecular flexibility index (Phi) is 5.74. The minimum absolute atomic E-state index is 0.0892. The maximum absolute atomic E-state index is 12.4. The Balaban J connectivity index is 1.50. The molecule has 0 aliphatic carbocycles. The minimum atomic E-state index is -0.0892. The van der Waals surface area contributed by atoms with Crippen LogP contribution in [0.1, 0.15) is 16.8 Å². The summed E-state index contributed by atoms with van der Waals surface area (Å²) in [5, 5.41) is 8.99. The number of amides is 1. The zero-order valence-electron chi connectivity index (χ0n) is 17.0. The van der Waals surface area contributed by atoms with Crippen LogP contribution in [0.2, 0.25) is 5.02 Å². The molecule has 154 valence electrons. The quantitative estimate of drug-likeness (QED) is 0.480. The number of hydrogen-bond acceptors (Lipinski definition) is 5. The fourth-order valence-corrected chi connectivity index (χ4v) is 4.35. The van der Waals surface area contributed by atoms with Crippen molar-refractivity contribution in [2.24, 2.45) is 0 Å². The molecule has 0 aliphatic heterocycles. The van der Waals surface area contributed by atoms with Crippen LogP contribution >= 0.6 is 22.9 Å². The van der Waals surface area contributed by atoms with Gasteiger partial charge in [0.25, 0.3) is 0 Å². The molecular formula is C22H22ClN5OS. The van der Waals surface area contributed by atoms with E-state index in [2.05, 4.69) is 29.5 Å². The number of nitrogens with zero attached hydrogens (tertiary/aromatic N) is 4. The molecule has 0 bridgehead atoms. The number of hydrogen-bond donors (Lipinski definition) is 1. The van der Waals surface area contributed by atoms with Gasteiger partial charge in [0.1, 0.15) is 0 Å².